The fourth-order valence-corrected chi connectivity index (χ4v) is 7.53. The number of phenolic OH excluding ortho intramolecular Hbond substituents is 1. The number of hydrogen-bond acceptors (Lipinski definition) is 2. The van der Waals surface area contributed by atoms with Crippen LogP contribution in [0.5, 0.6) is 5.75 Å². The minimum Gasteiger partial charge on any atom is -0.507 e. The van der Waals surface area contributed by atoms with Gasteiger partial charge >= 0.3 is 0 Å². The molecule has 0 amide bonds. The quantitative estimate of drug-likeness (QED) is 0.295. The van der Waals surface area contributed by atoms with Crippen molar-refractivity contribution in [1.82, 2.24) is 0 Å². The molecule has 0 radical (unpaired) electrons. The lowest BCUT2D eigenvalue weighted by Gasteiger charge is -2.38. The number of rotatable bonds is 7. The minimum atomic E-state index is -0.156. The van der Waals surface area contributed by atoms with E-state index in [9.17, 15) is 5.11 Å². The van der Waals surface area contributed by atoms with Crippen LogP contribution in [0.3, 0.4) is 0 Å². The maximum absolute atomic E-state index is 11.4. The Morgan fingerprint density at radius 2 is 1.54 bits per heavy atom. The number of aliphatic imine (C=N–C) groups is 1. The number of benzene rings is 3. The molecule has 1 fully saturated rings. The van der Waals surface area contributed by atoms with E-state index in [2.05, 4.69) is 107 Å². The van der Waals surface area contributed by atoms with E-state index in [1.165, 1.54) is 52.7 Å². The molecule has 1 saturated carbocycles. The summed E-state index contributed by atoms with van der Waals surface area (Å²) in [6.45, 7) is 9.06. The van der Waals surface area contributed by atoms with E-state index in [1.807, 2.05) is 6.21 Å². The highest BCUT2D eigenvalue weighted by molar-refractivity contribution is 5.85. The number of phenols is 1. The predicted octanol–water partition coefficient (Wildman–Crippen LogP) is 10.1. The zero-order valence-corrected chi connectivity index (χ0v) is 25.3. The lowest BCUT2D eigenvalue weighted by Crippen LogP contribution is -2.28. The van der Waals surface area contributed by atoms with Gasteiger partial charge in [-0.3, -0.25) is 4.99 Å². The van der Waals surface area contributed by atoms with Crippen LogP contribution in [0, 0.1) is 5.41 Å². The van der Waals surface area contributed by atoms with Crippen molar-refractivity contribution in [2.75, 3.05) is 0 Å². The van der Waals surface area contributed by atoms with Gasteiger partial charge in [0.2, 0.25) is 0 Å². The first kappa shape index (κ1) is 27.8. The summed E-state index contributed by atoms with van der Waals surface area (Å²) in [7, 11) is 0. The maximum atomic E-state index is 11.4. The summed E-state index contributed by atoms with van der Waals surface area (Å²) >= 11 is 0. The molecule has 3 aliphatic rings. The third-order valence-corrected chi connectivity index (χ3v) is 9.84. The second-order valence-electron chi connectivity index (χ2n) is 13.7. The summed E-state index contributed by atoms with van der Waals surface area (Å²) < 4.78 is 0. The average molecular weight is 544 g/mol. The van der Waals surface area contributed by atoms with Crippen molar-refractivity contribution >= 4 is 6.21 Å². The maximum Gasteiger partial charge on any atom is 0.128 e. The molecule has 41 heavy (non-hydrogen) atoms. The van der Waals surface area contributed by atoms with E-state index in [4.69, 9.17) is 4.99 Å². The van der Waals surface area contributed by atoms with Crippen LogP contribution in [0.2, 0.25) is 0 Å². The van der Waals surface area contributed by atoms with Crippen molar-refractivity contribution in [2.24, 2.45) is 10.4 Å². The smallest absolute Gasteiger partial charge is 0.128 e. The zero-order valence-electron chi connectivity index (χ0n) is 25.3. The molecule has 1 unspecified atom stereocenters. The molecule has 1 N–H and O–H groups in total. The molecule has 212 valence electrons. The predicted molar refractivity (Wildman–Crippen MR) is 173 cm³/mol. The molecule has 1 atom stereocenters. The van der Waals surface area contributed by atoms with Crippen LogP contribution < -0.4 is 0 Å². The molecule has 0 bridgehead atoms. The van der Waals surface area contributed by atoms with Crippen LogP contribution in [-0.2, 0) is 11.8 Å². The molecule has 0 spiro atoms. The normalized spacial score (nSPS) is 18.9. The third-order valence-electron chi connectivity index (χ3n) is 9.84. The van der Waals surface area contributed by atoms with Gasteiger partial charge in [0.05, 0.1) is 0 Å². The minimum absolute atomic E-state index is 0.0637. The molecule has 0 aromatic heterocycles. The lowest BCUT2D eigenvalue weighted by molar-refractivity contribution is 0.330. The van der Waals surface area contributed by atoms with Gasteiger partial charge in [-0.1, -0.05) is 120 Å². The summed E-state index contributed by atoms with van der Waals surface area (Å²) in [5.41, 5.74) is 10.0. The van der Waals surface area contributed by atoms with Gasteiger partial charge in [-0.05, 0) is 77.0 Å². The molecule has 3 aromatic rings. The van der Waals surface area contributed by atoms with Crippen LogP contribution in [0.15, 0.2) is 89.5 Å². The van der Waals surface area contributed by atoms with Gasteiger partial charge in [0.25, 0.3) is 0 Å². The summed E-state index contributed by atoms with van der Waals surface area (Å²) in [6, 6.07) is 22.9. The Hall–Kier alpha value is -3.39. The molecule has 0 saturated heterocycles. The van der Waals surface area contributed by atoms with E-state index < -0.39 is 0 Å². The first-order valence-corrected chi connectivity index (χ1v) is 15.7. The second-order valence-corrected chi connectivity index (χ2v) is 13.7. The number of hydrogen-bond donors (Lipinski definition) is 1. The number of aromatic hydroxyl groups is 1. The summed E-state index contributed by atoms with van der Waals surface area (Å²) in [6.07, 6.45) is 18.2. The lowest BCUT2D eigenvalue weighted by atomic mass is 9.64. The number of fused-ring (bicyclic) bond motifs is 3. The first-order valence-electron chi connectivity index (χ1n) is 15.7. The van der Waals surface area contributed by atoms with Gasteiger partial charge in [-0.15, -0.1) is 0 Å². The zero-order chi connectivity index (χ0) is 28.6. The van der Waals surface area contributed by atoms with E-state index in [0.717, 1.165) is 43.2 Å². The highest BCUT2D eigenvalue weighted by Gasteiger charge is 2.43. The summed E-state index contributed by atoms with van der Waals surface area (Å²) in [5.74, 6) is 0.694. The Balaban J connectivity index is 1.38. The van der Waals surface area contributed by atoms with E-state index >= 15 is 0 Å². The third kappa shape index (κ3) is 5.34. The highest BCUT2D eigenvalue weighted by atomic mass is 16.3. The van der Waals surface area contributed by atoms with Crippen molar-refractivity contribution < 1.29 is 5.11 Å². The fraction of sp³-hybridized carbons (Fsp3) is 0.410. The van der Waals surface area contributed by atoms with Crippen molar-refractivity contribution in [3.05, 3.63) is 112 Å². The van der Waals surface area contributed by atoms with E-state index in [0.29, 0.717) is 17.7 Å². The van der Waals surface area contributed by atoms with Crippen molar-refractivity contribution in [3.8, 4) is 16.9 Å². The van der Waals surface area contributed by atoms with Crippen molar-refractivity contribution in [2.45, 2.75) is 96.4 Å². The van der Waals surface area contributed by atoms with Crippen LogP contribution in [0.1, 0.15) is 106 Å². The molecule has 2 heteroatoms. The monoisotopic (exact) mass is 543 g/mol. The van der Waals surface area contributed by atoms with Crippen LogP contribution in [0.25, 0.3) is 11.1 Å². The Bertz CT molecular complexity index is 1470. The van der Waals surface area contributed by atoms with Gasteiger partial charge in [0, 0.05) is 34.7 Å². The molecule has 0 heterocycles. The number of aryl methyl sites for hydroxylation is 1. The number of nitrogens with zero attached hydrogens (tertiary/aromatic N) is 1. The van der Waals surface area contributed by atoms with Crippen LogP contribution in [0.4, 0.5) is 0 Å². The highest BCUT2D eigenvalue weighted by Crippen LogP contribution is 2.57. The molecule has 2 nitrogen and oxygen atoms in total. The molecular weight excluding hydrogens is 498 g/mol. The van der Waals surface area contributed by atoms with Gasteiger partial charge in [0.15, 0.2) is 0 Å². The molecule has 0 aliphatic heterocycles. The SMILES string of the molecule is CC(C)(C)c1cc(CCC(C)(C2=CCC=C2)C2c3ccccc3-c3ccccc32)cc(C=NC2CCCCC2)c1O. The van der Waals surface area contributed by atoms with Gasteiger partial charge in [-0.25, -0.2) is 0 Å². The van der Waals surface area contributed by atoms with Crippen molar-refractivity contribution in [1.29, 1.82) is 0 Å². The Kier molecular flexibility index (Phi) is 7.53. The van der Waals surface area contributed by atoms with Crippen molar-refractivity contribution in [3.63, 3.8) is 0 Å². The fourth-order valence-electron chi connectivity index (χ4n) is 7.53. The standard InChI is InChI=1S/C39H45NO/c1-38(2,3)35-25-27(24-28(37(35)41)26-40-30-16-6-5-7-17-30)22-23-39(4,29-14-8-9-15-29)36-33-20-12-10-18-31(33)32-19-11-13-21-34(32)36/h8,10-15,18-21,24-26,30,36,41H,5-7,9,16-17,22-23H2,1-4H3. The Labute approximate surface area is 247 Å². The topological polar surface area (TPSA) is 32.6 Å². The van der Waals surface area contributed by atoms with Gasteiger partial charge in [0.1, 0.15) is 5.75 Å². The average Bonchev–Trinajstić information content (AvgIpc) is 3.63. The molecular formula is C39H45NO. The largest absolute Gasteiger partial charge is 0.507 e. The van der Waals surface area contributed by atoms with E-state index in [-0.39, 0.29) is 10.8 Å². The Morgan fingerprint density at radius 3 is 2.15 bits per heavy atom. The molecule has 3 aliphatic carbocycles. The van der Waals surface area contributed by atoms with Gasteiger partial charge < -0.3 is 5.11 Å². The summed E-state index contributed by atoms with van der Waals surface area (Å²) in [4.78, 5) is 4.96. The Morgan fingerprint density at radius 1 is 0.878 bits per heavy atom. The number of allylic oxidation sites excluding steroid dienone is 4. The molecule has 3 aromatic carbocycles. The molecule has 6 rings (SSSR count). The van der Waals surface area contributed by atoms with Crippen LogP contribution >= 0.6 is 0 Å². The summed E-state index contributed by atoms with van der Waals surface area (Å²) in [5, 5.41) is 11.4. The van der Waals surface area contributed by atoms with Gasteiger partial charge in [-0.2, -0.15) is 0 Å². The second kappa shape index (κ2) is 11.1. The first-order chi connectivity index (χ1) is 19.8. The van der Waals surface area contributed by atoms with E-state index in [1.54, 1.807) is 0 Å². The van der Waals surface area contributed by atoms with Crippen LogP contribution in [-0.4, -0.2) is 17.4 Å².